The van der Waals surface area contributed by atoms with Crippen LogP contribution in [0.15, 0.2) is 24.3 Å². The standard InChI is InChI=1S/C11H16N2OS/c1-13(6-5-11(12)15)8-9-3-2-4-10(14)7-9/h2-4,7,14H,5-6,8H2,1H3,(H2,12,15). The zero-order chi connectivity index (χ0) is 11.3. The van der Waals surface area contributed by atoms with E-state index in [-0.39, 0.29) is 0 Å². The third-order valence-corrected chi connectivity index (χ3v) is 2.31. The largest absolute Gasteiger partial charge is 0.508 e. The minimum absolute atomic E-state index is 0.301. The van der Waals surface area contributed by atoms with Crippen LogP contribution in [-0.4, -0.2) is 28.6 Å². The maximum absolute atomic E-state index is 9.28. The van der Waals surface area contributed by atoms with E-state index in [1.807, 2.05) is 19.2 Å². The molecule has 0 unspecified atom stereocenters. The first-order valence-electron chi connectivity index (χ1n) is 4.82. The number of rotatable bonds is 5. The van der Waals surface area contributed by atoms with Crippen LogP contribution < -0.4 is 5.73 Å². The van der Waals surface area contributed by atoms with Gasteiger partial charge in [-0.2, -0.15) is 0 Å². The van der Waals surface area contributed by atoms with E-state index in [4.69, 9.17) is 18.0 Å². The molecule has 0 bridgehead atoms. The molecule has 82 valence electrons. The second-order valence-electron chi connectivity index (χ2n) is 3.62. The van der Waals surface area contributed by atoms with Crippen molar-refractivity contribution >= 4 is 17.2 Å². The third kappa shape index (κ3) is 4.76. The molecule has 0 atom stereocenters. The monoisotopic (exact) mass is 224 g/mol. The Labute approximate surface area is 95.5 Å². The highest BCUT2D eigenvalue weighted by Gasteiger charge is 2.01. The molecule has 1 rings (SSSR count). The Morgan fingerprint density at radius 2 is 2.27 bits per heavy atom. The SMILES string of the molecule is CN(CCC(N)=S)Cc1cccc(O)c1. The number of nitrogens with zero attached hydrogens (tertiary/aromatic N) is 1. The van der Waals surface area contributed by atoms with Gasteiger partial charge in [-0.05, 0) is 24.7 Å². The van der Waals surface area contributed by atoms with Crippen LogP contribution in [0.3, 0.4) is 0 Å². The summed E-state index contributed by atoms with van der Waals surface area (Å²) in [6.45, 7) is 1.63. The lowest BCUT2D eigenvalue weighted by molar-refractivity contribution is 0.336. The number of hydrogen-bond donors (Lipinski definition) is 2. The van der Waals surface area contributed by atoms with Gasteiger partial charge >= 0.3 is 0 Å². The summed E-state index contributed by atoms with van der Waals surface area (Å²) in [5.41, 5.74) is 6.51. The number of hydrogen-bond acceptors (Lipinski definition) is 3. The highest BCUT2D eigenvalue weighted by Crippen LogP contribution is 2.12. The zero-order valence-electron chi connectivity index (χ0n) is 8.81. The molecule has 4 heteroatoms. The van der Waals surface area contributed by atoms with Gasteiger partial charge in [0.25, 0.3) is 0 Å². The van der Waals surface area contributed by atoms with Crippen LogP contribution in [0.1, 0.15) is 12.0 Å². The van der Waals surface area contributed by atoms with E-state index in [0.717, 1.165) is 25.1 Å². The third-order valence-electron chi connectivity index (χ3n) is 2.10. The first kappa shape index (κ1) is 11.9. The number of benzene rings is 1. The Morgan fingerprint density at radius 3 is 2.87 bits per heavy atom. The Bertz CT molecular complexity index is 341. The van der Waals surface area contributed by atoms with Crippen molar-refractivity contribution in [1.82, 2.24) is 4.90 Å². The summed E-state index contributed by atoms with van der Waals surface area (Å²) in [5.74, 6) is 0.301. The summed E-state index contributed by atoms with van der Waals surface area (Å²) < 4.78 is 0. The highest BCUT2D eigenvalue weighted by atomic mass is 32.1. The van der Waals surface area contributed by atoms with E-state index >= 15 is 0 Å². The lowest BCUT2D eigenvalue weighted by Crippen LogP contribution is -2.23. The smallest absolute Gasteiger partial charge is 0.115 e. The predicted octanol–water partition coefficient (Wildman–Crippen LogP) is 1.50. The van der Waals surface area contributed by atoms with Crippen LogP contribution in [0.2, 0.25) is 0 Å². The molecule has 0 saturated carbocycles. The number of nitrogens with two attached hydrogens (primary N) is 1. The molecule has 0 aromatic heterocycles. The van der Waals surface area contributed by atoms with Crippen molar-refractivity contribution in [2.24, 2.45) is 5.73 Å². The molecule has 0 spiro atoms. The molecule has 0 aliphatic rings. The number of phenols is 1. The van der Waals surface area contributed by atoms with Crippen molar-refractivity contribution < 1.29 is 5.11 Å². The Kier molecular flexibility index (Phi) is 4.52. The van der Waals surface area contributed by atoms with Crippen LogP contribution >= 0.6 is 12.2 Å². The number of aromatic hydroxyl groups is 1. The first-order valence-corrected chi connectivity index (χ1v) is 5.23. The van der Waals surface area contributed by atoms with Crippen LogP contribution in [0.5, 0.6) is 5.75 Å². The molecule has 3 N–H and O–H groups in total. The number of thiocarbonyl (C=S) groups is 1. The van der Waals surface area contributed by atoms with Crippen molar-refractivity contribution in [3.63, 3.8) is 0 Å². The van der Waals surface area contributed by atoms with Gasteiger partial charge in [-0.15, -0.1) is 0 Å². The molecular weight excluding hydrogens is 208 g/mol. The summed E-state index contributed by atoms with van der Waals surface area (Å²) in [6.07, 6.45) is 0.727. The van der Waals surface area contributed by atoms with Crippen molar-refractivity contribution in [2.45, 2.75) is 13.0 Å². The molecule has 0 amide bonds. The molecule has 1 aromatic rings. The summed E-state index contributed by atoms with van der Waals surface area (Å²) in [4.78, 5) is 2.66. The van der Waals surface area contributed by atoms with E-state index in [2.05, 4.69) is 4.90 Å². The molecule has 0 aliphatic heterocycles. The van der Waals surface area contributed by atoms with Gasteiger partial charge in [-0.25, -0.2) is 0 Å². The van der Waals surface area contributed by atoms with E-state index in [1.165, 1.54) is 0 Å². The highest BCUT2D eigenvalue weighted by molar-refractivity contribution is 7.80. The molecule has 0 saturated heterocycles. The summed E-state index contributed by atoms with van der Waals surface area (Å²) in [5, 5.41) is 9.28. The molecular formula is C11H16N2OS. The second kappa shape index (κ2) is 5.68. The van der Waals surface area contributed by atoms with Gasteiger partial charge in [0.15, 0.2) is 0 Å². The van der Waals surface area contributed by atoms with Crippen LogP contribution in [0.25, 0.3) is 0 Å². The molecule has 3 nitrogen and oxygen atoms in total. The maximum atomic E-state index is 9.28. The van der Waals surface area contributed by atoms with Gasteiger partial charge in [0.05, 0.1) is 4.99 Å². The van der Waals surface area contributed by atoms with Gasteiger partial charge in [-0.1, -0.05) is 24.4 Å². The van der Waals surface area contributed by atoms with Crippen molar-refractivity contribution in [1.29, 1.82) is 0 Å². The molecule has 0 fully saturated rings. The molecule has 0 aliphatic carbocycles. The Hall–Kier alpha value is -1.13. The van der Waals surface area contributed by atoms with Gasteiger partial charge in [0.1, 0.15) is 5.75 Å². The lowest BCUT2D eigenvalue weighted by Gasteiger charge is -2.16. The van der Waals surface area contributed by atoms with Gasteiger partial charge in [0.2, 0.25) is 0 Å². The van der Waals surface area contributed by atoms with Crippen LogP contribution in [0, 0.1) is 0 Å². The first-order chi connectivity index (χ1) is 7.08. The predicted molar refractivity (Wildman–Crippen MR) is 65.8 cm³/mol. The second-order valence-corrected chi connectivity index (χ2v) is 4.15. The quantitative estimate of drug-likeness (QED) is 0.744. The normalized spacial score (nSPS) is 10.5. The Morgan fingerprint density at radius 1 is 1.53 bits per heavy atom. The Balaban J connectivity index is 2.44. The fourth-order valence-electron chi connectivity index (χ4n) is 1.35. The lowest BCUT2D eigenvalue weighted by atomic mass is 10.2. The molecule has 1 aromatic carbocycles. The average molecular weight is 224 g/mol. The average Bonchev–Trinajstić information content (AvgIpc) is 2.15. The molecule has 0 radical (unpaired) electrons. The topological polar surface area (TPSA) is 49.5 Å². The van der Waals surface area contributed by atoms with E-state index < -0.39 is 0 Å². The van der Waals surface area contributed by atoms with E-state index in [1.54, 1.807) is 12.1 Å². The van der Waals surface area contributed by atoms with E-state index in [0.29, 0.717) is 10.7 Å². The summed E-state index contributed by atoms with van der Waals surface area (Å²) >= 11 is 4.81. The van der Waals surface area contributed by atoms with Crippen LogP contribution in [-0.2, 0) is 6.54 Å². The van der Waals surface area contributed by atoms with Crippen LogP contribution in [0.4, 0.5) is 0 Å². The van der Waals surface area contributed by atoms with Gasteiger partial charge in [-0.3, -0.25) is 0 Å². The summed E-state index contributed by atoms with van der Waals surface area (Å²) in [6, 6.07) is 7.25. The minimum atomic E-state index is 0.301. The minimum Gasteiger partial charge on any atom is -0.508 e. The number of phenolic OH excluding ortho intramolecular Hbond substituents is 1. The fraction of sp³-hybridized carbons (Fsp3) is 0.364. The van der Waals surface area contributed by atoms with Crippen molar-refractivity contribution in [2.75, 3.05) is 13.6 Å². The maximum Gasteiger partial charge on any atom is 0.115 e. The summed E-state index contributed by atoms with van der Waals surface area (Å²) in [7, 11) is 2.00. The fourth-order valence-corrected chi connectivity index (χ4v) is 1.44. The van der Waals surface area contributed by atoms with Crippen molar-refractivity contribution in [3.8, 4) is 5.75 Å². The van der Waals surface area contributed by atoms with Gasteiger partial charge in [0, 0.05) is 19.5 Å². The van der Waals surface area contributed by atoms with Gasteiger partial charge < -0.3 is 15.7 Å². The van der Waals surface area contributed by atoms with E-state index in [9.17, 15) is 5.11 Å². The zero-order valence-corrected chi connectivity index (χ0v) is 9.63. The van der Waals surface area contributed by atoms with Crippen molar-refractivity contribution in [3.05, 3.63) is 29.8 Å². The molecule has 0 heterocycles. The molecule has 15 heavy (non-hydrogen) atoms.